The summed E-state index contributed by atoms with van der Waals surface area (Å²) in [5.74, 6) is 1.10. The van der Waals surface area contributed by atoms with Crippen molar-refractivity contribution in [1.82, 2.24) is 19.5 Å². The standard InChI is InChI=1S/C26H30N6OS/c1-16-6-7-23-19(11-16)20(15-34-23)26(33)31-9-4-3-5-22(31)21-12-24-28-25(17(2)13-32(24)29-21)30-10-8-18(27)14-30/h6-7,11-13,15,18,22H,3-5,8-10,14,27H2,1-2H3. The lowest BCUT2D eigenvalue weighted by Gasteiger charge is -2.34. The maximum Gasteiger partial charge on any atom is 0.255 e. The summed E-state index contributed by atoms with van der Waals surface area (Å²) in [5, 5.41) is 7.96. The second-order valence-corrected chi connectivity index (χ2v) is 10.7. The molecular weight excluding hydrogens is 444 g/mol. The molecule has 0 spiro atoms. The van der Waals surface area contributed by atoms with Crippen LogP contribution in [0.4, 0.5) is 5.82 Å². The molecule has 0 aliphatic carbocycles. The number of amides is 1. The molecule has 1 aromatic carbocycles. The second kappa shape index (κ2) is 8.36. The Labute approximate surface area is 203 Å². The van der Waals surface area contributed by atoms with E-state index in [-0.39, 0.29) is 18.0 Å². The van der Waals surface area contributed by atoms with Gasteiger partial charge in [-0.05, 0) is 51.7 Å². The lowest BCUT2D eigenvalue weighted by atomic mass is 9.98. The summed E-state index contributed by atoms with van der Waals surface area (Å²) in [7, 11) is 0. The summed E-state index contributed by atoms with van der Waals surface area (Å²) < 4.78 is 3.02. The molecule has 8 heteroatoms. The number of rotatable bonds is 3. The Morgan fingerprint density at radius 1 is 1.15 bits per heavy atom. The summed E-state index contributed by atoms with van der Waals surface area (Å²) in [5.41, 5.74) is 10.9. The van der Waals surface area contributed by atoms with Crippen LogP contribution in [0, 0.1) is 13.8 Å². The van der Waals surface area contributed by atoms with Gasteiger partial charge in [-0.1, -0.05) is 11.6 Å². The molecule has 0 saturated carbocycles. The second-order valence-electron chi connectivity index (χ2n) is 9.77. The highest BCUT2D eigenvalue weighted by Gasteiger charge is 2.32. The average Bonchev–Trinajstić information content (AvgIpc) is 3.55. The lowest BCUT2D eigenvalue weighted by molar-refractivity contribution is 0.0608. The van der Waals surface area contributed by atoms with E-state index >= 15 is 0 Å². The number of nitrogens with zero attached hydrogens (tertiary/aromatic N) is 5. The van der Waals surface area contributed by atoms with Crippen molar-refractivity contribution >= 4 is 38.8 Å². The monoisotopic (exact) mass is 474 g/mol. The Kier molecular flexibility index (Phi) is 5.30. The Bertz CT molecular complexity index is 1390. The van der Waals surface area contributed by atoms with E-state index in [1.807, 2.05) is 14.8 Å². The van der Waals surface area contributed by atoms with Gasteiger partial charge in [0.05, 0.1) is 17.3 Å². The Morgan fingerprint density at radius 3 is 2.85 bits per heavy atom. The Balaban J connectivity index is 1.35. The minimum absolute atomic E-state index is 0.0355. The number of thiophene rings is 1. The SMILES string of the molecule is Cc1ccc2scc(C(=O)N3CCCCC3c3cc4nc(N5CCC(N)C5)c(C)cn4n3)c2c1. The van der Waals surface area contributed by atoms with E-state index in [9.17, 15) is 4.79 Å². The smallest absolute Gasteiger partial charge is 0.255 e. The number of aromatic nitrogens is 3. The average molecular weight is 475 g/mol. The molecule has 1 amide bonds. The Hall–Kier alpha value is -2.97. The number of fused-ring (bicyclic) bond motifs is 2. The van der Waals surface area contributed by atoms with E-state index in [1.54, 1.807) is 11.3 Å². The first-order valence-electron chi connectivity index (χ1n) is 12.1. The van der Waals surface area contributed by atoms with Crippen LogP contribution in [0.25, 0.3) is 15.7 Å². The number of nitrogens with two attached hydrogens (primary N) is 1. The molecule has 2 atom stereocenters. The number of carbonyl (C=O) groups is 1. The van der Waals surface area contributed by atoms with Crippen molar-refractivity contribution in [3.63, 3.8) is 0 Å². The molecule has 4 aromatic rings. The van der Waals surface area contributed by atoms with Gasteiger partial charge in [0.15, 0.2) is 5.65 Å². The van der Waals surface area contributed by atoms with Crippen LogP contribution in [0.1, 0.15) is 58.9 Å². The molecule has 6 rings (SSSR count). The van der Waals surface area contributed by atoms with E-state index in [4.69, 9.17) is 15.8 Å². The number of piperidine rings is 1. The number of anilines is 1. The van der Waals surface area contributed by atoms with E-state index in [0.29, 0.717) is 0 Å². The third kappa shape index (κ3) is 3.65. The molecule has 0 bridgehead atoms. The van der Waals surface area contributed by atoms with Crippen LogP contribution < -0.4 is 10.6 Å². The third-order valence-electron chi connectivity index (χ3n) is 7.21. The number of benzene rings is 1. The van der Waals surface area contributed by atoms with Gasteiger partial charge >= 0.3 is 0 Å². The van der Waals surface area contributed by atoms with E-state index in [0.717, 1.165) is 83.7 Å². The quantitative estimate of drug-likeness (QED) is 0.474. The highest BCUT2D eigenvalue weighted by Crippen LogP contribution is 2.35. The van der Waals surface area contributed by atoms with E-state index in [2.05, 4.69) is 49.2 Å². The number of likely N-dealkylation sites (tertiary alicyclic amines) is 1. The molecule has 2 aliphatic rings. The number of hydrogen-bond donors (Lipinski definition) is 1. The van der Waals surface area contributed by atoms with Gasteiger partial charge in [-0.3, -0.25) is 4.79 Å². The Morgan fingerprint density at radius 2 is 2.03 bits per heavy atom. The molecular formula is C26H30N6OS. The van der Waals surface area contributed by atoms with Crippen molar-refractivity contribution in [2.75, 3.05) is 24.5 Å². The number of hydrogen-bond acceptors (Lipinski definition) is 6. The van der Waals surface area contributed by atoms with Crippen LogP contribution in [0.2, 0.25) is 0 Å². The van der Waals surface area contributed by atoms with Gasteiger partial charge in [-0.25, -0.2) is 9.50 Å². The van der Waals surface area contributed by atoms with Crippen LogP contribution in [-0.4, -0.2) is 51.1 Å². The fourth-order valence-corrected chi connectivity index (χ4v) is 6.34. The van der Waals surface area contributed by atoms with Crippen LogP contribution in [0.15, 0.2) is 35.8 Å². The highest BCUT2D eigenvalue weighted by atomic mass is 32.1. The summed E-state index contributed by atoms with van der Waals surface area (Å²) in [4.78, 5) is 23.0. The molecule has 2 N–H and O–H groups in total. The summed E-state index contributed by atoms with van der Waals surface area (Å²) in [6.45, 7) is 6.68. The van der Waals surface area contributed by atoms with Crippen molar-refractivity contribution in [2.45, 2.75) is 51.6 Å². The topological polar surface area (TPSA) is 79.8 Å². The van der Waals surface area contributed by atoms with Crippen molar-refractivity contribution in [1.29, 1.82) is 0 Å². The van der Waals surface area contributed by atoms with Gasteiger partial charge in [0.25, 0.3) is 5.91 Å². The largest absolute Gasteiger partial charge is 0.355 e. The maximum atomic E-state index is 13.8. The first kappa shape index (κ1) is 21.6. The predicted molar refractivity (Wildman–Crippen MR) is 137 cm³/mol. The first-order valence-corrected chi connectivity index (χ1v) is 13.0. The molecule has 3 aromatic heterocycles. The van der Waals surface area contributed by atoms with Gasteiger partial charge in [0.2, 0.25) is 0 Å². The molecule has 5 heterocycles. The summed E-state index contributed by atoms with van der Waals surface area (Å²) in [6.07, 6.45) is 6.08. The zero-order chi connectivity index (χ0) is 23.4. The predicted octanol–water partition coefficient (Wildman–Crippen LogP) is 4.47. The highest BCUT2D eigenvalue weighted by molar-refractivity contribution is 7.17. The number of carbonyl (C=O) groups excluding carboxylic acids is 1. The van der Waals surface area contributed by atoms with Gasteiger partial charge in [-0.2, -0.15) is 5.10 Å². The van der Waals surface area contributed by atoms with Gasteiger partial charge in [0.1, 0.15) is 5.82 Å². The molecule has 2 unspecified atom stereocenters. The number of aryl methyl sites for hydroxylation is 2. The van der Waals surface area contributed by atoms with Crippen molar-refractivity contribution in [3.8, 4) is 0 Å². The van der Waals surface area contributed by atoms with Gasteiger partial charge in [-0.15, -0.1) is 11.3 Å². The maximum absolute atomic E-state index is 13.8. The van der Waals surface area contributed by atoms with Crippen LogP contribution >= 0.6 is 11.3 Å². The zero-order valence-electron chi connectivity index (χ0n) is 19.7. The van der Waals surface area contributed by atoms with Crippen molar-refractivity contribution in [2.24, 2.45) is 5.73 Å². The van der Waals surface area contributed by atoms with E-state index < -0.39 is 0 Å². The van der Waals surface area contributed by atoms with Crippen LogP contribution in [0.3, 0.4) is 0 Å². The molecule has 0 radical (unpaired) electrons. The molecule has 7 nitrogen and oxygen atoms in total. The van der Waals surface area contributed by atoms with Gasteiger partial charge in [0, 0.05) is 59.0 Å². The normalized spacial score (nSPS) is 21.1. The lowest BCUT2D eigenvalue weighted by Crippen LogP contribution is -2.38. The van der Waals surface area contributed by atoms with Crippen molar-refractivity contribution in [3.05, 3.63) is 58.2 Å². The van der Waals surface area contributed by atoms with Crippen molar-refractivity contribution < 1.29 is 4.79 Å². The van der Waals surface area contributed by atoms with Gasteiger partial charge < -0.3 is 15.5 Å². The minimum atomic E-state index is -0.0355. The minimum Gasteiger partial charge on any atom is -0.355 e. The molecule has 2 fully saturated rings. The fourth-order valence-electron chi connectivity index (χ4n) is 5.43. The third-order valence-corrected chi connectivity index (χ3v) is 8.18. The molecule has 2 aliphatic heterocycles. The van der Waals surface area contributed by atoms with Crippen LogP contribution in [-0.2, 0) is 0 Å². The summed E-state index contributed by atoms with van der Waals surface area (Å²) in [6, 6.07) is 8.57. The first-order chi connectivity index (χ1) is 16.5. The molecule has 2 saturated heterocycles. The van der Waals surface area contributed by atoms with E-state index in [1.165, 1.54) is 5.56 Å². The fraction of sp³-hybridized carbons (Fsp3) is 0.423. The summed E-state index contributed by atoms with van der Waals surface area (Å²) >= 11 is 1.64. The molecule has 34 heavy (non-hydrogen) atoms. The zero-order valence-corrected chi connectivity index (χ0v) is 20.5. The van der Waals surface area contributed by atoms with Crippen LogP contribution in [0.5, 0.6) is 0 Å². The molecule has 176 valence electrons.